The second kappa shape index (κ2) is 41.7. The number of alkyl carbamates (subject to hydrolysis) is 1. The molecule has 3 aliphatic heterocycles. The molecule has 6 aromatic rings. The first-order valence-electron chi connectivity index (χ1n) is 36.4. The van der Waals surface area contributed by atoms with Crippen molar-refractivity contribution in [3.63, 3.8) is 0 Å². The van der Waals surface area contributed by atoms with E-state index in [4.69, 9.17) is 23.7 Å². The third-order valence-electron chi connectivity index (χ3n) is 19.6. The highest BCUT2D eigenvalue weighted by Crippen LogP contribution is 2.34. The van der Waals surface area contributed by atoms with Crippen LogP contribution < -0.4 is 45.9 Å². The Bertz CT molecular complexity index is 4060. The van der Waals surface area contributed by atoms with Gasteiger partial charge in [-0.25, -0.2) is 10.1 Å². The summed E-state index contributed by atoms with van der Waals surface area (Å²) in [5, 5.41) is 119. The van der Waals surface area contributed by atoms with E-state index in [-0.39, 0.29) is 31.5 Å². The number of carbonyl (C=O) groups excluding carboxylic acids is 8. The van der Waals surface area contributed by atoms with Crippen LogP contribution in [-0.2, 0) is 60.6 Å². The largest absolute Gasteiger partial charge is 1.00 e. The van der Waals surface area contributed by atoms with Gasteiger partial charge in [0.1, 0.15) is 64.4 Å². The normalized spacial score (nSPS) is 22.4. The topological polar surface area (TPSA) is 461 Å². The third kappa shape index (κ3) is 24.5. The summed E-state index contributed by atoms with van der Waals surface area (Å²) >= 11 is 1.31. The number of β-amino-alcohol motifs (C(OH)–C–C–N with tert-alkyl or cyclic N) is 1. The monoisotopic (exact) mass is 1580 g/mol. The molecule has 3 fully saturated rings. The van der Waals surface area contributed by atoms with Gasteiger partial charge in [-0.2, -0.15) is 0 Å². The molecule has 5 aromatic carbocycles. The van der Waals surface area contributed by atoms with Gasteiger partial charge in [-0.1, -0.05) is 124 Å². The number of hydrogen-bond acceptors (Lipinski definition) is 26. The van der Waals surface area contributed by atoms with Crippen molar-refractivity contribution < 1.29 is 113 Å². The number of quaternary nitrogens is 1. The summed E-state index contributed by atoms with van der Waals surface area (Å²) in [6.07, 6.45) is -13.3. The van der Waals surface area contributed by atoms with E-state index in [2.05, 4.69) is 86.3 Å². The molecule has 0 radical (unpaired) electrons. The maximum Gasteiger partial charge on any atom is 1.00 e. The number of aromatic nitrogens is 2. The fourth-order valence-electron chi connectivity index (χ4n) is 12.2. The lowest BCUT2D eigenvalue weighted by molar-refractivity contribution is -0.909. The van der Waals surface area contributed by atoms with Crippen molar-refractivity contribution in [1.82, 2.24) is 51.9 Å². The van der Waals surface area contributed by atoms with Crippen LogP contribution in [0.5, 0.6) is 17.2 Å². The molecule has 8 amide bonds. The zero-order valence-corrected chi connectivity index (χ0v) is 64.5. The molecule has 1 aromatic heterocycles. The van der Waals surface area contributed by atoms with Gasteiger partial charge in [0.05, 0.1) is 69.9 Å². The molecule has 33 nitrogen and oxygen atoms in total. The lowest BCUT2D eigenvalue weighted by atomic mass is 9.98. The van der Waals surface area contributed by atoms with E-state index in [9.17, 15) is 69.3 Å². The molecule has 0 spiro atoms. The summed E-state index contributed by atoms with van der Waals surface area (Å²) in [5.74, 6) is -9.44. The van der Waals surface area contributed by atoms with Crippen LogP contribution in [0.4, 0.5) is 4.79 Å². The average Bonchev–Trinajstić information content (AvgIpc) is 1.65. The number of carbonyl (C=O) groups is 8. The summed E-state index contributed by atoms with van der Waals surface area (Å²) in [7, 11) is 4.51. The molecule has 602 valence electrons. The maximum atomic E-state index is 15.1. The molecular formula is C76H100N11O22S2+. The van der Waals surface area contributed by atoms with E-state index in [1.165, 1.54) is 43.0 Å². The van der Waals surface area contributed by atoms with E-state index in [0.29, 0.717) is 41.0 Å². The number of nitrogens with one attached hydrogen (secondary N) is 6. The molecule has 13 N–H and O–H groups in total. The SMILES string of the molecule is CCOCCCOc1ccc(-c2ccc(-c3nnc(-c4ccc(C(=O)N[C@H]5C[C@H](O)CNC(=O)C6[C@@H](O)C(C)CN6C(=O)[C@H]([C@H](O)CCNC(=O)OCc6ccccc6)NC(=O)C([C@H](O)Cc6ccc([O-])c(OSOOO)c6)NC(=O)C6CC(O)CN6C(=O)C(C(C)O)NC5=O)cc4)s3)cc2)cc1.CC[N+](C)(C)C(C)C.[H+]. The van der Waals surface area contributed by atoms with Gasteiger partial charge in [-0.05, 0) is 93.6 Å². The Morgan fingerprint density at radius 3 is 1.96 bits per heavy atom. The molecule has 7 unspecified atom stereocenters. The summed E-state index contributed by atoms with van der Waals surface area (Å²) in [5.41, 5.74) is 4.00. The van der Waals surface area contributed by atoms with Crippen LogP contribution in [0.3, 0.4) is 0 Å². The molecule has 0 aliphatic carbocycles. The summed E-state index contributed by atoms with van der Waals surface area (Å²) in [6.45, 7) is 12.0. The van der Waals surface area contributed by atoms with Gasteiger partial charge >= 0.3 is 7.52 Å². The van der Waals surface area contributed by atoms with Crippen LogP contribution in [0, 0.1) is 5.92 Å². The van der Waals surface area contributed by atoms with Crippen LogP contribution in [0.15, 0.2) is 121 Å². The Kier molecular flexibility index (Phi) is 32.7. The Balaban J connectivity index is 0.00000183. The zero-order chi connectivity index (χ0) is 80.6. The number of nitrogens with zero attached hydrogens (tertiary/aromatic N) is 5. The summed E-state index contributed by atoms with van der Waals surface area (Å²) < 4.78 is 26.9. The number of ether oxygens (including phenoxy) is 3. The Labute approximate surface area is 652 Å². The lowest BCUT2D eigenvalue weighted by Gasteiger charge is -2.34. The van der Waals surface area contributed by atoms with Crippen molar-refractivity contribution in [2.24, 2.45) is 5.92 Å². The van der Waals surface area contributed by atoms with E-state index in [1.807, 2.05) is 55.5 Å². The van der Waals surface area contributed by atoms with Crippen LogP contribution in [0.25, 0.3) is 32.3 Å². The first kappa shape index (κ1) is 87.1. The van der Waals surface area contributed by atoms with Crippen molar-refractivity contribution >= 4 is 71.1 Å². The number of aliphatic hydroxyl groups excluding tert-OH is 6. The first-order valence-corrected chi connectivity index (χ1v) is 37.9. The number of aliphatic hydroxyl groups is 6. The quantitative estimate of drug-likeness (QED) is 0.0116. The minimum Gasteiger partial charge on any atom is -0.870 e. The smallest absolute Gasteiger partial charge is 0.870 e. The minimum absolute atomic E-state index is 0. The number of amides is 8. The highest BCUT2D eigenvalue weighted by Gasteiger charge is 2.50. The molecule has 4 heterocycles. The minimum atomic E-state index is -2.21. The number of rotatable bonds is 27. The fraction of sp³-hybridized carbons (Fsp3) is 0.474. The second-order valence-corrected chi connectivity index (χ2v) is 29.4. The summed E-state index contributed by atoms with van der Waals surface area (Å²) in [4.78, 5) is 117. The van der Waals surface area contributed by atoms with Gasteiger partial charge in [0, 0.05) is 87.7 Å². The van der Waals surface area contributed by atoms with Crippen molar-refractivity contribution in [2.75, 3.05) is 66.6 Å². The van der Waals surface area contributed by atoms with E-state index in [0.717, 1.165) is 68.2 Å². The van der Waals surface area contributed by atoms with Gasteiger partial charge in [0.2, 0.25) is 35.4 Å². The Morgan fingerprint density at radius 2 is 1.34 bits per heavy atom. The molecule has 0 saturated carbocycles. The average molecular weight is 1580 g/mol. The highest BCUT2D eigenvalue weighted by molar-refractivity contribution is 7.90. The highest BCUT2D eigenvalue weighted by atomic mass is 32.2. The molecule has 3 aliphatic rings. The first-order chi connectivity index (χ1) is 53.0. The Morgan fingerprint density at radius 1 is 0.721 bits per heavy atom. The molecule has 3 saturated heterocycles. The van der Waals surface area contributed by atoms with Gasteiger partial charge in [0.15, 0.2) is 0 Å². The molecule has 13 atom stereocenters. The van der Waals surface area contributed by atoms with Gasteiger partial charge in [0.25, 0.3) is 18.2 Å². The van der Waals surface area contributed by atoms with Crippen molar-refractivity contribution in [1.29, 1.82) is 0 Å². The van der Waals surface area contributed by atoms with Gasteiger partial charge in [-0.15, -0.1) is 10.2 Å². The molecular weight excluding hydrogens is 1480 g/mol. The predicted molar refractivity (Wildman–Crippen MR) is 405 cm³/mol. The van der Waals surface area contributed by atoms with E-state index in [1.54, 1.807) is 42.5 Å². The third-order valence-corrected chi connectivity index (χ3v) is 20.9. The van der Waals surface area contributed by atoms with E-state index >= 15 is 4.79 Å². The van der Waals surface area contributed by atoms with Crippen molar-refractivity contribution in [3.8, 4) is 49.5 Å². The van der Waals surface area contributed by atoms with Crippen LogP contribution >= 0.6 is 23.7 Å². The van der Waals surface area contributed by atoms with Gasteiger partial charge in [-0.3, -0.25) is 33.6 Å². The molecule has 9 rings (SSSR count). The molecule has 0 bridgehead atoms. The Hall–Kier alpha value is -9.47. The van der Waals surface area contributed by atoms with Gasteiger partial charge < -0.3 is 100 Å². The van der Waals surface area contributed by atoms with E-state index < -0.39 is 190 Å². The molecule has 35 heteroatoms. The number of hydrogen-bond donors (Lipinski definition) is 13. The lowest BCUT2D eigenvalue weighted by Crippen LogP contribution is -2.64. The van der Waals surface area contributed by atoms with Crippen molar-refractivity contribution in [2.45, 2.75) is 159 Å². The number of benzene rings is 5. The predicted octanol–water partition coefficient (Wildman–Crippen LogP) is 2.65. The molecule has 111 heavy (non-hydrogen) atoms. The summed E-state index contributed by atoms with van der Waals surface area (Å²) in [6, 6.07) is 22.6. The zero-order valence-electron chi connectivity index (χ0n) is 63.8. The van der Waals surface area contributed by atoms with Crippen LogP contribution in [0.1, 0.15) is 90.1 Å². The number of fused-ring (bicyclic) bond motifs is 2. The maximum absolute atomic E-state index is 15.1. The standard InChI is InChI=1S/C69H82N10O22S2.C7H18N/c1-4-96-27-8-28-97-48-22-20-42(21-23-48)41-12-16-44(17-13-41)65-76-77-66(102-65)45-18-14-43(15-19-45)60(87)72-49-31-46(81)33-71-64(91)58-59(86)37(2)34-79(58)68(93)57(52(84)25-26-70-69(94)98-36-39-9-6-5-7-10-39)75-63(90)56(53(85)29-40-11-24-51(83)54(30-40)99-103-101-100-95)74-62(89)50-32-47(82)35-78(50)67(92)55(38(3)80)73-61(49)88;1-6-8(4,5)7(2)3/h5-7,9-24,30,37-38,46-47,49-50,52-53,55-59,80-86,95H,4,8,25-29,31-36H2,1-3H3,(H,70,94)(H,71,91)(H,72,87)(H,73,88)(H,74,89)(H,75,90);7H,6H2,1-5H3/q;+1/t37?,38?,46-,47?,49-,50?,52+,53+,55?,56?,57-,58?,59-;/m0./s1. The van der Waals surface area contributed by atoms with Crippen LogP contribution in [-0.4, -0.2) is 253 Å². The van der Waals surface area contributed by atoms with Crippen LogP contribution in [0.2, 0.25) is 0 Å². The second-order valence-electron chi connectivity index (χ2n) is 28.0. The fourth-order valence-corrected chi connectivity index (χ4v) is 13.3. The van der Waals surface area contributed by atoms with Crippen molar-refractivity contribution in [3.05, 3.63) is 138 Å².